The van der Waals surface area contributed by atoms with Crippen LogP contribution < -0.4 is 5.32 Å². The molecule has 0 aromatic carbocycles. The van der Waals surface area contributed by atoms with Crippen molar-refractivity contribution in [1.29, 1.82) is 0 Å². The smallest absolute Gasteiger partial charge is 0.220 e. The minimum absolute atomic E-state index is 0.136. The standard InChI is InChI=1S/C71H129NO8/c1-3-5-7-9-11-13-15-17-19-21-23-24-25-26-27-28-29-30-31-32-33-34-35-36-37-38-39-40-41-42-43-45-47-49-51-53-55-57-59-61-67(75)72-64(63-79-71-70(78)69(77)68(76)66(62-73)80-71)65(74)60-58-56-54-52-50-48-46-44-22-20-18-16-14-12-10-8-6-4-2/h5,7,11,13,17,19,23-24,26-27,29-30,64-66,68-71,73-74,76-78H,3-4,6,8-10,12,14-16,18,20-22,25,28,31-63H2,1-2H3,(H,72,75)/b7-5-,13-11-,19-17-,24-23-,27-26-,30-29-. The number of carbonyl (C=O) groups is 1. The lowest BCUT2D eigenvalue weighted by molar-refractivity contribution is -0.302. The minimum Gasteiger partial charge on any atom is -0.394 e. The van der Waals surface area contributed by atoms with Gasteiger partial charge in [-0.1, -0.05) is 318 Å². The highest BCUT2D eigenvalue weighted by Crippen LogP contribution is 2.24. The van der Waals surface area contributed by atoms with Gasteiger partial charge in [0.15, 0.2) is 6.29 Å². The summed E-state index contributed by atoms with van der Waals surface area (Å²) in [5.74, 6) is -0.140. The van der Waals surface area contributed by atoms with Crippen LogP contribution in [0.5, 0.6) is 0 Å². The van der Waals surface area contributed by atoms with Crippen molar-refractivity contribution in [2.24, 2.45) is 0 Å². The number of amides is 1. The summed E-state index contributed by atoms with van der Waals surface area (Å²) in [5, 5.41) is 54.8. The van der Waals surface area contributed by atoms with E-state index in [2.05, 4.69) is 92.1 Å². The van der Waals surface area contributed by atoms with Gasteiger partial charge in [0.05, 0.1) is 25.4 Å². The van der Waals surface area contributed by atoms with Crippen LogP contribution in [0.2, 0.25) is 0 Å². The van der Waals surface area contributed by atoms with Crippen molar-refractivity contribution in [3.05, 3.63) is 72.9 Å². The van der Waals surface area contributed by atoms with Gasteiger partial charge in [-0.05, 0) is 64.2 Å². The fourth-order valence-corrected chi connectivity index (χ4v) is 10.8. The minimum atomic E-state index is -1.55. The first kappa shape index (κ1) is 75.6. The first-order valence-corrected chi connectivity index (χ1v) is 34.1. The van der Waals surface area contributed by atoms with Crippen LogP contribution in [-0.4, -0.2) is 87.5 Å². The predicted octanol–water partition coefficient (Wildman–Crippen LogP) is 18.4. The van der Waals surface area contributed by atoms with Crippen LogP contribution in [-0.2, 0) is 14.3 Å². The summed E-state index contributed by atoms with van der Waals surface area (Å²) in [7, 11) is 0. The van der Waals surface area contributed by atoms with Gasteiger partial charge in [-0.25, -0.2) is 0 Å². The van der Waals surface area contributed by atoms with E-state index >= 15 is 0 Å². The number of ether oxygens (including phenoxy) is 2. The number of carbonyl (C=O) groups excluding carboxylic acids is 1. The summed E-state index contributed by atoms with van der Waals surface area (Å²) < 4.78 is 11.4. The molecule has 6 N–H and O–H groups in total. The fraction of sp³-hybridized carbons (Fsp3) is 0.817. The molecule has 1 saturated heterocycles. The molecule has 80 heavy (non-hydrogen) atoms. The summed E-state index contributed by atoms with van der Waals surface area (Å²) in [5.41, 5.74) is 0. The van der Waals surface area contributed by atoms with E-state index in [-0.39, 0.29) is 12.5 Å². The van der Waals surface area contributed by atoms with Gasteiger partial charge in [0.25, 0.3) is 0 Å². The predicted molar refractivity (Wildman–Crippen MR) is 341 cm³/mol. The molecule has 0 saturated carbocycles. The van der Waals surface area contributed by atoms with Gasteiger partial charge in [0.1, 0.15) is 24.4 Å². The zero-order valence-electron chi connectivity index (χ0n) is 52.1. The quantitative estimate of drug-likeness (QED) is 0.0261. The Morgan fingerprint density at radius 2 is 0.775 bits per heavy atom. The Hall–Kier alpha value is -2.37. The Balaban J connectivity index is 2.06. The van der Waals surface area contributed by atoms with Crippen molar-refractivity contribution in [1.82, 2.24) is 5.32 Å². The van der Waals surface area contributed by atoms with Crippen LogP contribution in [0.25, 0.3) is 0 Å². The molecule has 0 aromatic rings. The Morgan fingerprint density at radius 3 is 1.15 bits per heavy atom. The Labute approximate surface area is 493 Å². The molecule has 466 valence electrons. The molecular weight excluding hydrogens is 995 g/mol. The van der Waals surface area contributed by atoms with Gasteiger partial charge in [0.2, 0.25) is 5.91 Å². The van der Waals surface area contributed by atoms with Crippen LogP contribution in [0.3, 0.4) is 0 Å². The number of aliphatic hydroxyl groups excluding tert-OH is 5. The monoisotopic (exact) mass is 1120 g/mol. The SMILES string of the molecule is CC/C=C\C/C=C\C/C=C\C/C=C\C/C=C\C/C=C\CCCCCCCCCCCCCCCCCCCCCCC(=O)NC(COC1OC(CO)C(O)C(O)C1O)C(O)CCCCCCCCCCCCCCCCCCCC. The maximum atomic E-state index is 13.1. The first-order valence-electron chi connectivity index (χ1n) is 34.1. The van der Waals surface area contributed by atoms with E-state index in [0.717, 1.165) is 77.0 Å². The maximum absolute atomic E-state index is 13.1. The molecule has 7 atom stereocenters. The number of rotatable bonds is 59. The lowest BCUT2D eigenvalue weighted by Gasteiger charge is -2.40. The van der Waals surface area contributed by atoms with E-state index in [0.29, 0.717) is 12.8 Å². The number of nitrogens with one attached hydrogen (secondary N) is 1. The molecule has 0 spiro atoms. The number of allylic oxidation sites excluding steroid dienone is 12. The highest BCUT2D eigenvalue weighted by molar-refractivity contribution is 5.76. The van der Waals surface area contributed by atoms with Crippen LogP contribution in [0.15, 0.2) is 72.9 Å². The van der Waals surface area contributed by atoms with Gasteiger partial charge in [-0.2, -0.15) is 0 Å². The van der Waals surface area contributed by atoms with Gasteiger partial charge in [0, 0.05) is 6.42 Å². The van der Waals surface area contributed by atoms with E-state index in [1.165, 1.54) is 212 Å². The van der Waals surface area contributed by atoms with E-state index in [1.807, 2.05) is 0 Å². The Kier molecular flexibility index (Phi) is 56.5. The van der Waals surface area contributed by atoms with E-state index in [9.17, 15) is 30.3 Å². The maximum Gasteiger partial charge on any atom is 0.220 e. The highest BCUT2D eigenvalue weighted by Gasteiger charge is 2.44. The van der Waals surface area contributed by atoms with Crippen molar-refractivity contribution in [2.45, 2.75) is 358 Å². The summed E-state index contributed by atoms with van der Waals surface area (Å²) in [6.07, 6.45) is 76.8. The molecule has 1 fully saturated rings. The second-order valence-electron chi connectivity index (χ2n) is 23.6. The number of aliphatic hydroxyl groups is 5. The Bertz CT molecular complexity index is 1490. The second-order valence-corrected chi connectivity index (χ2v) is 23.6. The average molecular weight is 1120 g/mol. The Morgan fingerprint density at radius 1 is 0.438 bits per heavy atom. The molecule has 1 aliphatic heterocycles. The van der Waals surface area contributed by atoms with E-state index in [4.69, 9.17) is 9.47 Å². The van der Waals surface area contributed by atoms with Crippen LogP contribution >= 0.6 is 0 Å². The molecule has 0 aromatic heterocycles. The van der Waals surface area contributed by atoms with Crippen molar-refractivity contribution >= 4 is 5.91 Å². The molecule has 9 nitrogen and oxygen atoms in total. The zero-order valence-corrected chi connectivity index (χ0v) is 52.1. The van der Waals surface area contributed by atoms with Crippen molar-refractivity contribution in [2.75, 3.05) is 13.2 Å². The van der Waals surface area contributed by atoms with Crippen molar-refractivity contribution in [3.8, 4) is 0 Å². The molecule has 9 heteroatoms. The average Bonchev–Trinajstić information content (AvgIpc) is 3.46. The van der Waals surface area contributed by atoms with Gasteiger partial charge < -0.3 is 40.3 Å². The van der Waals surface area contributed by atoms with Crippen LogP contribution in [0, 0.1) is 0 Å². The lowest BCUT2D eigenvalue weighted by Crippen LogP contribution is -2.60. The number of hydrogen-bond donors (Lipinski definition) is 6. The fourth-order valence-electron chi connectivity index (χ4n) is 10.8. The summed E-state index contributed by atoms with van der Waals surface area (Å²) in [4.78, 5) is 13.1. The van der Waals surface area contributed by atoms with Crippen LogP contribution in [0.4, 0.5) is 0 Å². The highest BCUT2D eigenvalue weighted by atomic mass is 16.7. The molecular formula is C71H129NO8. The molecule has 0 bridgehead atoms. The first-order chi connectivity index (χ1) is 39.3. The number of hydrogen-bond acceptors (Lipinski definition) is 8. The summed E-state index contributed by atoms with van der Waals surface area (Å²) in [6.45, 7) is 3.76. The largest absolute Gasteiger partial charge is 0.394 e. The summed E-state index contributed by atoms with van der Waals surface area (Å²) >= 11 is 0. The molecule has 1 amide bonds. The van der Waals surface area contributed by atoms with Crippen molar-refractivity contribution < 1.29 is 39.8 Å². The third-order valence-electron chi connectivity index (χ3n) is 16.1. The summed E-state index contributed by atoms with van der Waals surface area (Å²) in [6, 6.07) is -0.720. The third kappa shape index (κ3) is 48.0. The third-order valence-corrected chi connectivity index (χ3v) is 16.1. The normalized spacial score (nSPS) is 18.9. The molecule has 0 aliphatic carbocycles. The molecule has 7 unspecified atom stereocenters. The number of unbranched alkanes of at least 4 members (excludes halogenated alkanes) is 37. The molecule has 1 aliphatic rings. The van der Waals surface area contributed by atoms with E-state index < -0.39 is 49.5 Å². The van der Waals surface area contributed by atoms with Crippen LogP contribution in [0.1, 0.15) is 316 Å². The topological polar surface area (TPSA) is 149 Å². The second kappa shape index (κ2) is 59.8. The van der Waals surface area contributed by atoms with Gasteiger partial charge >= 0.3 is 0 Å². The lowest BCUT2D eigenvalue weighted by atomic mass is 9.99. The van der Waals surface area contributed by atoms with E-state index in [1.54, 1.807) is 0 Å². The molecule has 1 rings (SSSR count). The molecule has 0 radical (unpaired) electrons. The van der Waals surface area contributed by atoms with Gasteiger partial charge in [-0.3, -0.25) is 4.79 Å². The van der Waals surface area contributed by atoms with Crippen molar-refractivity contribution in [3.63, 3.8) is 0 Å². The molecule has 1 heterocycles. The zero-order chi connectivity index (χ0) is 57.9. The van der Waals surface area contributed by atoms with Gasteiger partial charge in [-0.15, -0.1) is 0 Å².